The Morgan fingerprint density at radius 2 is 2.00 bits per heavy atom. The van der Waals surface area contributed by atoms with Crippen LogP contribution in [0, 0.1) is 12.7 Å². The third kappa shape index (κ3) is 3.96. The number of benzene rings is 2. The van der Waals surface area contributed by atoms with E-state index in [1.165, 1.54) is 12.1 Å². The van der Waals surface area contributed by atoms with Crippen LogP contribution >= 0.6 is 11.6 Å². The summed E-state index contributed by atoms with van der Waals surface area (Å²) in [6.07, 6.45) is 0. The average Bonchev–Trinajstić information content (AvgIpc) is 2.45. The van der Waals surface area contributed by atoms with Crippen LogP contribution in [0.2, 0.25) is 5.02 Å². The van der Waals surface area contributed by atoms with E-state index >= 15 is 0 Å². The second-order valence-corrected chi connectivity index (χ2v) is 5.48. The van der Waals surface area contributed by atoms with Gasteiger partial charge in [-0.1, -0.05) is 29.8 Å². The van der Waals surface area contributed by atoms with E-state index in [4.69, 9.17) is 16.3 Å². The Bertz CT molecular complexity index is 630. The molecule has 0 spiro atoms. The standard InChI is InChI=1S/C17H19ClFNO/c1-11-4-5-13(16(18)8-11)10-21-17-9-14(19)6-7-15(17)12(2)20-3/h4-9,12,20H,10H2,1-3H3. The zero-order valence-corrected chi connectivity index (χ0v) is 13.2. The molecule has 2 nitrogen and oxygen atoms in total. The van der Waals surface area contributed by atoms with Crippen molar-refractivity contribution in [1.29, 1.82) is 0 Å². The molecule has 0 saturated heterocycles. The Kier molecular flexibility index (Phi) is 5.21. The highest BCUT2D eigenvalue weighted by Gasteiger charge is 2.12. The van der Waals surface area contributed by atoms with Crippen molar-refractivity contribution in [3.05, 3.63) is 63.9 Å². The maximum atomic E-state index is 13.4. The van der Waals surface area contributed by atoms with E-state index in [1.54, 1.807) is 6.07 Å². The molecule has 0 aliphatic carbocycles. The van der Waals surface area contributed by atoms with Crippen molar-refractivity contribution in [2.24, 2.45) is 0 Å². The summed E-state index contributed by atoms with van der Waals surface area (Å²) in [5.74, 6) is 0.223. The second-order valence-electron chi connectivity index (χ2n) is 5.08. The van der Waals surface area contributed by atoms with Gasteiger partial charge in [0.2, 0.25) is 0 Å². The second kappa shape index (κ2) is 6.92. The molecule has 0 aliphatic heterocycles. The zero-order valence-electron chi connectivity index (χ0n) is 12.4. The highest BCUT2D eigenvalue weighted by atomic mass is 35.5. The molecule has 1 atom stereocenters. The van der Waals surface area contributed by atoms with Gasteiger partial charge in [-0.25, -0.2) is 4.39 Å². The molecule has 112 valence electrons. The van der Waals surface area contributed by atoms with Crippen LogP contribution in [0.3, 0.4) is 0 Å². The van der Waals surface area contributed by atoms with Crippen LogP contribution in [-0.4, -0.2) is 7.05 Å². The van der Waals surface area contributed by atoms with Crippen LogP contribution in [0.25, 0.3) is 0 Å². The fourth-order valence-electron chi connectivity index (χ4n) is 2.07. The molecule has 0 aromatic heterocycles. The van der Waals surface area contributed by atoms with E-state index in [0.717, 1.165) is 16.7 Å². The number of ether oxygens (including phenoxy) is 1. The van der Waals surface area contributed by atoms with Crippen molar-refractivity contribution < 1.29 is 9.13 Å². The van der Waals surface area contributed by atoms with Crippen LogP contribution < -0.4 is 10.1 Å². The molecule has 2 aromatic carbocycles. The highest BCUT2D eigenvalue weighted by Crippen LogP contribution is 2.28. The molecule has 0 heterocycles. The smallest absolute Gasteiger partial charge is 0.127 e. The van der Waals surface area contributed by atoms with Gasteiger partial charge in [0.1, 0.15) is 18.2 Å². The van der Waals surface area contributed by atoms with Crippen LogP contribution in [0.1, 0.15) is 29.7 Å². The monoisotopic (exact) mass is 307 g/mol. The minimum atomic E-state index is -0.313. The van der Waals surface area contributed by atoms with E-state index in [1.807, 2.05) is 39.1 Å². The molecule has 1 unspecified atom stereocenters. The molecule has 0 amide bonds. The van der Waals surface area contributed by atoms with Crippen molar-refractivity contribution in [2.75, 3.05) is 7.05 Å². The summed E-state index contributed by atoms with van der Waals surface area (Å²) in [5, 5.41) is 3.79. The molecule has 0 radical (unpaired) electrons. The lowest BCUT2D eigenvalue weighted by Gasteiger charge is -2.17. The first-order valence-electron chi connectivity index (χ1n) is 6.86. The first-order valence-corrected chi connectivity index (χ1v) is 7.23. The molecule has 0 aliphatic rings. The number of hydrogen-bond donors (Lipinski definition) is 1. The predicted molar refractivity (Wildman–Crippen MR) is 84.4 cm³/mol. The average molecular weight is 308 g/mol. The Balaban J connectivity index is 2.21. The van der Waals surface area contributed by atoms with Crippen molar-refractivity contribution in [1.82, 2.24) is 5.32 Å². The summed E-state index contributed by atoms with van der Waals surface area (Å²) >= 11 is 6.19. The molecule has 2 aromatic rings. The Hall–Kier alpha value is -1.58. The first-order chi connectivity index (χ1) is 10.0. The van der Waals surface area contributed by atoms with Gasteiger partial charge in [-0.2, -0.15) is 0 Å². The van der Waals surface area contributed by atoms with E-state index in [-0.39, 0.29) is 11.9 Å². The van der Waals surface area contributed by atoms with E-state index in [2.05, 4.69) is 5.32 Å². The number of hydrogen-bond acceptors (Lipinski definition) is 2. The molecule has 0 fully saturated rings. The molecular formula is C17H19ClFNO. The number of aryl methyl sites for hydroxylation is 1. The summed E-state index contributed by atoms with van der Waals surface area (Å²) < 4.78 is 19.2. The fraction of sp³-hybridized carbons (Fsp3) is 0.294. The van der Waals surface area contributed by atoms with Gasteiger partial charge in [-0.15, -0.1) is 0 Å². The maximum Gasteiger partial charge on any atom is 0.127 e. The minimum Gasteiger partial charge on any atom is -0.488 e. The zero-order chi connectivity index (χ0) is 15.4. The van der Waals surface area contributed by atoms with Crippen molar-refractivity contribution in [2.45, 2.75) is 26.5 Å². The highest BCUT2D eigenvalue weighted by molar-refractivity contribution is 6.31. The van der Waals surface area contributed by atoms with Crippen LogP contribution in [0.4, 0.5) is 4.39 Å². The van der Waals surface area contributed by atoms with Gasteiger partial charge in [-0.05, 0) is 38.6 Å². The van der Waals surface area contributed by atoms with Gasteiger partial charge in [-0.3, -0.25) is 0 Å². The Morgan fingerprint density at radius 3 is 2.67 bits per heavy atom. The van der Waals surface area contributed by atoms with Gasteiger partial charge in [0.15, 0.2) is 0 Å². The maximum absolute atomic E-state index is 13.4. The van der Waals surface area contributed by atoms with Crippen LogP contribution in [-0.2, 0) is 6.61 Å². The van der Waals surface area contributed by atoms with Gasteiger partial charge in [0.25, 0.3) is 0 Å². The normalized spacial score (nSPS) is 12.2. The molecule has 1 N–H and O–H groups in total. The molecule has 2 rings (SSSR count). The molecular weight excluding hydrogens is 289 g/mol. The van der Waals surface area contributed by atoms with Crippen molar-refractivity contribution >= 4 is 11.6 Å². The van der Waals surface area contributed by atoms with Crippen molar-refractivity contribution in [3.63, 3.8) is 0 Å². The Labute approximate surface area is 129 Å². The lowest BCUT2D eigenvalue weighted by molar-refractivity contribution is 0.298. The van der Waals surface area contributed by atoms with Gasteiger partial charge < -0.3 is 10.1 Å². The van der Waals surface area contributed by atoms with Crippen LogP contribution in [0.15, 0.2) is 36.4 Å². The van der Waals surface area contributed by atoms with Gasteiger partial charge >= 0.3 is 0 Å². The van der Waals surface area contributed by atoms with Gasteiger partial charge in [0, 0.05) is 28.3 Å². The summed E-state index contributed by atoms with van der Waals surface area (Å²) in [6, 6.07) is 10.5. The number of nitrogens with one attached hydrogen (secondary N) is 1. The fourth-order valence-corrected chi connectivity index (χ4v) is 2.36. The molecule has 0 bridgehead atoms. The summed E-state index contributed by atoms with van der Waals surface area (Å²) in [7, 11) is 1.86. The number of rotatable bonds is 5. The van der Waals surface area contributed by atoms with Gasteiger partial charge in [0.05, 0.1) is 0 Å². The summed E-state index contributed by atoms with van der Waals surface area (Å²) in [6.45, 7) is 4.29. The largest absolute Gasteiger partial charge is 0.488 e. The van der Waals surface area contributed by atoms with Crippen molar-refractivity contribution in [3.8, 4) is 5.75 Å². The van der Waals surface area contributed by atoms with E-state index in [9.17, 15) is 4.39 Å². The lowest BCUT2D eigenvalue weighted by atomic mass is 10.1. The lowest BCUT2D eigenvalue weighted by Crippen LogP contribution is -2.14. The third-order valence-corrected chi connectivity index (χ3v) is 3.82. The topological polar surface area (TPSA) is 21.3 Å². The predicted octanol–water partition coefficient (Wildman–Crippen LogP) is 4.65. The Morgan fingerprint density at radius 1 is 1.24 bits per heavy atom. The van der Waals surface area contributed by atoms with E-state index in [0.29, 0.717) is 17.4 Å². The van der Waals surface area contributed by atoms with E-state index < -0.39 is 0 Å². The molecule has 4 heteroatoms. The number of halogens is 2. The minimum absolute atomic E-state index is 0.0779. The third-order valence-electron chi connectivity index (χ3n) is 3.47. The SMILES string of the molecule is CNC(C)c1ccc(F)cc1OCc1ccc(C)cc1Cl. The summed E-state index contributed by atoms with van der Waals surface area (Å²) in [5.41, 5.74) is 2.90. The quantitative estimate of drug-likeness (QED) is 0.868. The molecule has 21 heavy (non-hydrogen) atoms. The molecule has 0 saturated carbocycles. The van der Waals surface area contributed by atoms with Crippen LogP contribution in [0.5, 0.6) is 5.75 Å². The first kappa shape index (κ1) is 15.8. The summed E-state index contributed by atoms with van der Waals surface area (Å²) in [4.78, 5) is 0.